The van der Waals surface area contributed by atoms with Crippen molar-refractivity contribution < 1.29 is 22.2 Å². The van der Waals surface area contributed by atoms with Gasteiger partial charge in [0.2, 0.25) is 5.91 Å². The number of phenolic OH excluding ortho intramolecular Hbond substituents is 1. The summed E-state index contributed by atoms with van der Waals surface area (Å²) in [5.74, 6) is -0.490. The first kappa shape index (κ1) is 12.8. The molecular weight excluding hydrogens is 261 g/mol. The van der Waals surface area contributed by atoms with Crippen LogP contribution in [0.2, 0.25) is 0 Å². The SMILES string of the molecule is Cc1cc(O)cc(N2CC(S(=O)(=O)F)CC2=O)c1. The molecule has 1 unspecified atom stereocenters. The standard InChI is InChI=1S/C11H12FNO4S/c1-7-2-8(4-9(14)3-7)13-6-10(5-11(13)15)18(12,16)17/h2-4,10,14H,5-6H2,1H3. The molecule has 1 aromatic carbocycles. The van der Waals surface area contributed by atoms with Crippen LogP contribution in [0.3, 0.4) is 0 Å². The first-order chi connectivity index (χ1) is 8.27. The quantitative estimate of drug-likeness (QED) is 0.819. The summed E-state index contributed by atoms with van der Waals surface area (Å²) >= 11 is 0. The molecule has 1 aliphatic rings. The molecule has 0 bridgehead atoms. The number of nitrogens with zero attached hydrogens (tertiary/aromatic N) is 1. The Morgan fingerprint density at radius 2 is 2.06 bits per heavy atom. The Kier molecular flexibility index (Phi) is 3.02. The van der Waals surface area contributed by atoms with Crippen molar-refractivity contribution in [3.05, 3.63) is 23.8 Å². The predicted molar refractivity (Wildman–Crippen MR) is 63.6 cm³/mol. The summed E-state index contributed by atoms with van der Waals surface area (Å²) in [6.45, 7) is 1.51. The minimum Gasteiger partial charge on any atom is -0.508 e. The van der Waals surface area contributed by atoms with Gasteiger partial charge < -0.3 is 10.0 Å². The van der Waals surface area contributed by atoms with E-state index in [0.29, 0.717) is 5.69 Å². The van der Waals surface area contributed by atoms with Gasteiger partial charge in [0.15, 0.2) is 0 Å². The fourth-order valence-corrected chi connectivity index (χ4v) is 2.68. The zero-order valence-electron chi connectivity index (χ0n) is 9.63. The summed E-state index contributed by atoms with van der Waals surface area (Å²) in [6.07, 6.45) is -0.368. The fraction of sp³-hybridized carbons (Fsp3) is 0.364. The van der Waals surface area contributed by atoms with E-state index in [-0.39, 0.29) is 18.7 Å². The average Bonchev–Trinajstić information content (AvgIpc) is 2.58. The Hall–Kier alpha value is -1.63. The second-order valence-electron chi connectivity index (χ2n) is 4.33. The van der Waals surface area contributed by atoms with Crippen molar-refractivity contribution in [3.8, 4) is 5.75 Å². The van der Waals surface area contributed by atoms with Crippen LogP contribution < -0.4 is 4.90 Å². The molecule has 0 radical (unpaired) electrons. The molecule has 0 aromatic heterocycles. The van der Waals surface area contributed by atoms with Gasteiger partial charge in [0.05, 0.1) is 0 Å². The Morgan fingerprint density at radius 1 is 1.39 bits per heavy atom. The van der Waals surface area contributed by atoms with Gasteiger partial charge in [-0.25, -0.2) is 0 Å². The van der Waals surface area contributed by atoms with Crippen LogP contribution >= 0.6 is 0 Å². The molecule has 1 heterocycles. The first-order valence-electron chi connectivity index (χ1n) is 5.32. The molecule has 0 saturated carbocycles. The molecule has 18 heavy (non-hydrogen) atoms. The molecule has 5 nitrogen and oxygen atoms in total. The smallest absolute Gasteiger partial charge is 0.307 e. The van der Waals surface area contributed by atoms with E-state index in [1.165, 1.54) is 17.0 Å². The topological polar surface area (TPSA) is 74.7 Å². The number of amides is 1. The monoisotopic (exact) mass is 273 g/mol. The normalized spacial score (nSPS) is 20.4. The van der Waals surface area contributed by atoms with E-state index in [1.807, 2.05) is 0 Å². The minimum atomic E-state index is -4.72. The zero-order valence-corrected chi connectivity index (χ0v) is 10.4. The Bertz CT molecular complexity index is 579. The van der Waals surface area contributed by atoms with Gasteiger partial charge in [-0.05, 0) is 24.6 Å². The number of carbonyl (C=O) groups excluding carboxylic acids is 1. The lowest BCUT2D eigenvalue weighted by Gasteiger charge is -2.17. The van der Waals surface area contributed by atoms with Gasteiger partial charge in [0.25, 0.3) is 0 Å². The third kappa shape index (κ3) is 2.45. The molecule has 1 saturated heterocycles. The number of aryl methyl sites for hydroxylation is 1. The summed E-state index contributed by atoms with van der Waals surface area (Å²) in [5.41, 5.74) is 1.10. The highest BCUT2D eigenvalue weighted by atomic mass is 32.3. The third-order valence-electron chi connectivity index (χ3n) is 2.85. The van der Waals surface area contributed by atoms with Gasteiger partial charge in [-0.15, -0.1) is 3.89 Å². The van der Waals surface area contributed by atoms with E-state index < -0.39 is 21.4 Å². The second kappa shape index (κ2) is 4.24. The molecule has 0 aliphatic carbocycles. The van der Waals surface area contributed by atoms with Crippen LogP contribution in [-0.2, 0) is 15.0 Å². The van der Waals surface area contributed by atoms with Crippen molar-refractivity contribution in [2.24, 2.45) is 0 Å². The van der Waals surface area contributed by atoms with Crippen LogP contribution in [0, 0.1) is 6.92 Å². The number of anilines is 1. The van der Waals surface area contributed by atoms with E-state index in [1.54, 1.807) is 13.0 Å². The van der Waals surface area contributed by atoms with Crippen LogP contribution in [-0.4, -0.2) is 31.2 Å². The van der Waals surface area contributed by atoms with Crippen LogP contribution in [0.15, 0.2) is 18.2 Å². The van der Waals surface area contributed by atoms with E-state index in [2.05, 4.69) is 0 Å². The summed E-state index contributed by atoms with van der Waals surface area (Å²) in [6, 6.07) is 4.48. The number of hydrogen-bond donors (Lipinski definition) is 1. The number of benzene rings is 1. The number of phenols is 1. The summed E-state index contributed by atoms with van der Waals surface area (Å²) < 4.78 is 34.4. The Morgan fingerprint density at radius 3 is 2.56 bits per heavy atom. The molecule has 7 heteroatoms. The third-order valence-corrected chi connectivity index (χ3v) is 3.96. The predicted octanol–water partition coefficient (Wildman–Crippen LogP) is 1.11. The zero-order chi connectivity index (χ0) is 13.5. The van der Waals surface area contributed by atoms with Crippen molar-refractivity contribution in [2.75, 3.05) is 11.4 Å². The molecule has 98 valence electrons. The van der Waals surface area contributed by atoms with Crippen molar-refractivity contribution in [3.63, 3.8) is 0 Å². The maximum Gasteiger partial charge on any atom is 0.307 e. The highest BCUT2D eigenvalue weighted by Gasteiger charge is 2.39. The first-order valence-corrected chi connectivity index (χ1v) is 6.76. The number of halogens is 1. The van der Waals surface area contributed by atoms with Crippen LogP contribution in [0.25, 0.3) is 0 Å². The van der Waals surface area contributed by atoms with Gasteiger partial charge in [-0.2, -0.15) is 8.42 Å². The largest absolute Gasteiger partial charge is 0.508 e. The molecule has 1 fully saturated rings. The average molecular weight is 273 g/mol. The van der Waals surface area contributed by atoms with Gasteiger partial charge in [-0.1, -0.05) is 0 Å². The van der Waals surface area contributed by atoms with Gasteiger partial charge in [0.1, 0.15) is 11.0 Å². The number of carbonyl (C=O) groups is 1. The molecule has 1 amide bonds. The van der Waals surface area contributed by atoms with Gasteiger partial charge in [-0.3, -0.25) is 4.79 Å². The van der Waals surface area contributed by atoms with Gasteiger partial charge in [0, 0.05) is 24.7 Å². The van der Waals surface area contributed by atoms with Crippen molar-refractivity contribution in [2.45, 2.75) is 18.6 Å². The Balaban J connectivity index is 2.32. The lowest BCUT2D eigenvalue weighted by atomic mass is 10.2. The molecule has 0 spiro atoms. The molecule has 1 atom stereocenters. The van der Waals surface area contributed by atoms with E-state index in [0.717, 1.165) is 5.56 Å². The van der Waals surface area contributed by atoms with Crippen LogP contribution in [0.4, 0.5) is 9.57 Å². The molecule has 1 aliphatic heterocycles. The van der Waals surface area contributed by atoms with E-state index in [9.17, 15) is 22.2 Å². The summed E-state index contributed by atoms with van der Waals surface area (Å²) in [4.78, 5) is 12.8. The van der Waals surface area contributed by atoms with E-state index >= 15 is 0 Å². The van der Waals surface area contributed by atoms with Crippen LogP contribution in [0.1, 0.15) is 12.0 Å². The summed E-state index contributed by atoms with van der Waals surface area (Å²) in [5, 5.41) is 8.11. The second-order valence-corrected chi connectivity index (χ2v) is 5.95. The molecule has 2 rings (SSSR count). The summed E-state index contributed by atoms with van der Waals surface area (Å²) in [7, 11) is -4.72. The molecule has 1 aromatic rings. The lowest BCUT2D eigenvalue weighted by molar-refractivity contribution is -0.117. The minimum absolute atomic E-state index is 0.0237. The van der Waals surface area contributed by atoms with Gasteiger partial charge >= 0.3 is 10.2 Å². The number of hydrogen-bond acceptors (Lipinski definition) is 4. The van der Waals surface area contributed by atoms with Crippen molar-refractivity contribution >= 4 is 21.8 Å². The maximum absolute atomic E-state index is 12.9. The highest BCUT2D eigenvalue weighted by Crippen LogP contribution is 2.29. The molecule has 1 N–H and O–H groups in total. The van der Waals surface area contributed by atoms with Crippen LogP contribution in [0.5, 0.6) is 5.75 Å². The van der Waals surface area contributed by atoms with Crippen molar-refractivity contribution in [1.82, 2.24) is 0 Å². The maximum atomic E-state index is 12.9. The molecular formula is C11H12FNO4S. The Labute approximate surface area is 104 Å². The lowest BCUT2D eigenvalue weighted by Crippen LogP contribution is -2.26. The fourth-order valence-electron chi connectivity index (χ4n) is 2.01. The highest BCUT2D eigenvalue weighted by molar-refractivity contribution is 7.87. The van der Waals surface area contributed by atoms with Crippen molar-refractivity contribution in [1.29, 1.82) is 0 Å². The number of rotatable bonds is 2. The van der Waals surface area contributed by atoms with E-state index in [4.69, 9.17) is 0 Å². The number of aromatic hydroxyl groups is 1.